The largest absolute Gasteiger partial charge is 0.393 e. The summed E-state index contributed by atoms with van der Waals surface area (Å²) in [5.74, 6) is 1.94. The summed E-state index contributed by atoms with van der Waals surface area (Å²) in [7, 11) is -3.04. The maximum Gasteiger partial charge on any atom is 0.253 e. The summed E-state index contributed by atoms with van der Waals surface area (Å²) in [4.78, 5) is 30.8. The molecule has 5 heterocycles. The molecule has 0 aromatic carbocycles. The lowest BCUT2D eigenvalue weighted by Crippen LogP contribution is -2.50. The van der Waals surface area contributed by atoms with E-state index in [0.29, 0.717) is 56.6 Å². The molecule has 2 fully saturated rings. The number of nitrogens with zero attached hydrogens (tertiary/aromatic N) is 6. The highest BCUT2D eigenvalue weighted by Crippen LogP contribution is 2.33. The van der Waals surface area contributed by atoms with Crippen LogP contribution in [0.25, 0.3) is 10.9 Å². The summed E-state index contributed by atoms with van der Waals surface area (Å²) in [6.45, 7) is 6.50. The highest BCUT2D eigenvalue weighted by molar-refractivity contribution is 7.90. The summed E-state index contributed by atoms with van der Waals surface area (Å²) in [6, 6.07) is 5.18. The van der Waals surface area contributed by atoms with Crippen molar-refractivity contribution in [1.82, 2.24) is 19.5 Å². The zero-order valence-electron chi connectivity index (χ0n) is 21.3. The van der Waals surface area contributed by atoms with E-state index in [9.17, 15) is 18.3 Å². The molecule has 2 aliphatic rings. The summed E-state index contributed by atoms with van der Waals surface area (Å²) in [6.07, 6.45) is 5.80. The Balaban J connectivity index is 1.43. The van der Waals surface area contributed by atoms with E-state index in [1.807, 2.05) is 24.8 Å². The Labute approximate surface area is 216 Å². The van der Waals surface area contributed by atoms with Crippen molar-refractivity contribution in [3.63, 3.8) is 0 Å². The predicted molar refractivity (Wildman–Crippen MR) is 145 cm³/mol. The van der Waals surface area contributed by atoms with Crippen LogP contribution in [0.5, 0.6) is 0 Å². The number of aliphatic hydroxyl groups is 1. The van der Waals surface area contributed by atoms with Gasteiger partial charge >= 0.3 is 0 Å². The summed E-state index contributed by atoms with van der Waals surface area (Å²) < 4.78 is 25.1. The number of fused-ring (bicyclic) bond motifs is 1. The van der Waals surface area contributed by atoms with Crippen LogP contribution in [-0.4, -0.2) is 77.3 Å². The quantitative estimate of drug-likeness (QED) is 0.470. The summed E-state index contributed by atoms with van der Waals surface area (Å²) in [5, 5.41) is 13.9. The van der Waals surface area contributed by atoms with Crippen molar-refractivity contribution < 1.29 is 13.5 Å². The summed E-state index contributed by atoms with van der Waals surface area (Å²) >= 11 is 0. The van der Waals surface area contributed by atoms with E-state index in [1.54, 1.807) is 29.1 Å². The SMILES string of the molecule is CC(C)n1c(=O)cc(N2CC(CS(C)(=O)=O)C2)c2cnc(Nc3ccnc(N4CCC(O)CC4)n3)cc21. The number of pyridine rings is 2. The summed E-state index contributed by atoms with van der Waals surface area (Å²) in [5.41, 5.74) is 1.41. The van der Waals surface area contributed by atoms with Gasteiger partial charge in [0.1, 0.15) is 21.5 Å². The highest BCUT2D eigenvalue weighted by atomic mass is 32.2. The van der Waals surface area contributed by atoms with Gasteiger partial charge in [-0.05, 0) is 32.8 Å². The maximum atomic E-state index is 13.1. The average Bonchev–Trinajstić information content (AvgIpc) is 2.80. The predicted octanol–water partition coefficient (Wildman–Crippen LogP) is 1.95. The fraction of sp³-hybridized carbons (Fsp3) is 0.520. The van der Waals surface area contributed by atoms with Crippen LogP contribution in [-0.2, 0) is 9.84 Å². The number of anilines is 4. The molecule has 0 amide bonds. The van der Waals surface area contributed by atoms with Crippen molar-refractivity contribution in [2.75, 3.05) is 53.3 Å². The molecule has 5 rings (SSSR count). The number of rotatable bonds is 7. The van der Waals surface area contributed by atoms with E-state index in [1.165, 1.54) is 6.26 Å². The second-order valence-electron chi connectivity index (χ2n) is 10.4. The van der Waals surface area contributed by atoms with Crippen LogP contribution in [0.4, 0.5) is 23.3 Å². The Hall–Kier alpha value is -3.25. The van der Waals surface area contributed by atoms with Crippen molar-refractivity contribution in [2.24, 2.45) is 5.92 Å². The Bertz CT molecular complexity index is 1460. The molecular weight excluding hydrogens is 494 g/mol. The van der Waals surface area contributed by atoms with Crippen LogP contribution in [0, 0.1) is 5.92 Å². The zero-order chi connectivity index (χ0) is 26.3. The smallest absolute Gasteiger partial charge is 0.253 e. The van der Waals surface area contributed by atoms with Crippen LogP contribution in [0.15, 0.2) is 35.4 Å². The number of piperidine rings is 1. The van der Waals surface area contributed by atoms with Gasteiger partial charge in [-0.2, -0.15) is 4.98 Å². The van der Waals surface area contributed by atoms with E-state index < -0.39 is 9.84 Å². The van der Waals surface area contributed by atoms with Crippen LogP contribution in [0.1, 0.15) is 32.7 Å². The molecule has 11 nitrogen and oxygen atoms in total. The average molecular weight is 528 g/mol. The third kappa shape index (κ3) is 5.54. The van der Waals surface area contributed by atoms with Crippen molar-refractivity contribution >= 4 is 44.0 Å². The molecule has 2 N–H and O–H groups in total. The van der Waals surface area contributed by atoms with Crippen LogP contribution in [0.3, 0.4) is 0 Å². The third-order valence-electron chi connectivity index (χ3n) is 6.91. The van der Waals surface area contributed by atoms with E-state index in [-0.39, 0.29) is 29.4 Å². The van der Waals surface area contributed by atoms with Crippen LogP contribution >= 0.6 is 0 Å². The number of sulfone groups is 1. The normalized spacial score (nSPS) is 17.4. The Morgan fingerprint density at radius 1 is 1.11 bits per heavy atom. The molecule has 0 atom stereocenters. The number of hydrogen-bond acceptors (Lipinski definition) is 10. The number of aliphatic hydroxyl groups excluding tert-OH is 1. The first kappa shape index (κ1) is 25.4. The minimum absolute atomic E-state index is 0.0570. The molecule has 0 saturated carbocycles. The molecule has 2 aliphatic heterocycles. The Morgan fingerprint density at radius 3 is 2.51 bits per heavy atom. The monoisotopic (exact) mass is 527 g/mol. The number of hydrogen-bond donors (Lipinski definition) is 2. The molecule has 198 valence electrons. The number of nitrogens with one attached hydrogen (secondary N) is 1. The molecule has 3 aromatic heterocycles. The minimum atomic E-state index is -3.04. The second kappa shape index (κ2) is 9.90. The fourth-order valence-corrected chi connectivity index (χ4v) is 6.22. The minimum Gasteiger partial charge on any atom is -0.393 e. The van der Waals surface area contributed by atoms with Crippen LogP contribution in [0.2, 0.25) is 0 Å². The standard InChI is InChI=1S/C25H33N7O4S/c1-16(2)32-21-10-23(28-22-4-7-26-25(29-22)30-8-5-18(33)6-9-30)27-12-19(21)20(11-24(32)34)31-13-17(14-31)15-37(3,35)36/h4,7,10-12,16-18,33H,5-6,8-9,13-15H2,1-3H3,(H,26,27,28,29). The lowest BCUT2D eigenvalue weighted by molar-refractivity contribution is 0.145. The second-order valence-corrected chi connectivity index (χ2v) is 12.6. The van der Waals surface area contributed by atoms with E-state index >= 15 is 0 Å². The van der Waals surface area contributed by atoms with Crippen LogP contribution < -0.4 is 20.7 Å². The van der Waals surface area contributed by atoms with Crippen molar-refractivity contribution in [3.05, 3.63) is 40.9 Å². The molecule has 12 heteroatoms. The van der Waals surface area contributed by atoms with Gasteiger partial charge in [-0.25, -0.2) is 18.4 Å². The molecule has 0 unspecified atom stereocenters. The van der Waals surface area contributed by atoms with Gasteiger partial charge in [-0.15, -0.1) is 0 Å². The molecule has 37 heavy (non-hydrogen) atoms. The molecule has 0 spiro atoms. The number of aromatic nitrogens is 4. The maximum absolute atomic E-state index is 13.1. The van der Waals surface area contributed by atoms with Crippen molar-refractivity contribution in [1.29, 1.82) is 0 Å². The zero-order valence-corrected chi connectivity index (χ0v) is 22.1. The lowest BCUT2D eigenvalue weighted by Gasteiger charge is -2.41. The van der Waals surface area contributed by atoms with Gasteiger partial charge in [0.05, 0.1) is 23.1 Å². The molecule has 0 radical (unpaired) electrons. The molecule has 2 saturated heterocycles. The fourth-order valence-electron chi connectivity index (χ4n) is 5.15. The van der Waals surface area contributed by atoms with Crippen molar-refractivity contribution in [2.45, 2.75) is 38.8 Å². The van der Waals surface area contributed by atoms with Gasteiger partial charge in [-0.3, -0.25) is 4.79 Å². The van der Waals surface area contributed by atoms with E-state index in [0.717, 1.165) is 16.6 Å². The highest BCUT2D eigenvalue weighted by Gasteiger charge is 2.31. The lowest BCUT2D eigenvalue weighted by atomic mass is 10.0. The molecule has 0 aliphatic carbocycles. The van der Waals surface area contributed by atoms with Gasteiger partial charge in [0.25, 0.3) is 5.56 Å². The Kier molecular flexibility index (Phi) is 6.80. The van der Waals surface area contributed by atoms with Gasteiger partial charge < -0.3 is 24.8 Å². The third-order valence-corrected chi connectivity index (χ3v) is 7.99. The first-order chi connectivity index (χ1) is 17.6. The van der Waals surface area contributed by atoms with Gasteiger partial charge in [0, 0.05) is 74.3 Å². The van der Waals surface area contributed by atoms with E-state index in [4.69, 9.17) is 0 Å². The van der Waals surface area contributed by atoms with Crippen molar-refractivity contribution in [3.8, 4) is 0 Å². The molecular formula is C25H33N7O4S. The van der Waals surface area contributed by atoms with Gasteiger partial charge in [0.15, 0.2) is 0 Å². The first-order valence-electron chi connectivity index (χ1n) is 12.6. The van der Waals surface area contributed by atoms with Gasteiger partial charge in [-0.1, -0.05) is 0 Å². The molecule has 3 aromatic rings. The Morgan fingerprint density at radius 2 is 1.84 bits per heavy atom. The topological polar surface area (TPSA) is 134 Å². The van der Waals surface area contributed by atoms with E-state index in [2.05, 4.69) is 25.2 Å². The molecule has 0 bridgehead atoms. The first-order valence-corrected chi connectivity index (χ1v) is 14.6. The van der Waals surface area contributed by atoms with Gasteiger partial charge in [0.2, 0.25) is 5.95 Å².